The molecule has 0 spiro atoms. The zero-order chi connectivity index (χ0) is 9.26. The molecule has 0 aromatic heterocycles. The van der Waals surface area contributed by atoms with Gasteiger partial charge in [0.1, 0.15) is 0 Å². The number of nitrogens with two attached hydrogens (primary N) is 1. The monoisotopic (exact) mass is 249 g/mol. The van der Waals surface area contributed by atoms with Crippen LogP contribution in [-0.2, 0) is 6.42 Å². The van der Waals surface area contributed by atoms with Crippen molar-refractivity contribution < 1.29 is 4.79 Å². The zero-order valence-corrected chi connectivity index (χ0v) is 9.58. The van der Waals surface area contributed by atoms with Gasteiger partial charge in [0.2, 0.25) is 0 Å². The molecule has 15 heavy (non-hydrogen) atoms. The van der Waals surface area contributed by atoms with Crippen LogP contribution in [0.1, 0.15) is 15.9 Å². The summed E-state index contributed by atoms with van der Waals surface area (Å²) in [5, 5.41) is 3.20. The van der Waals surface area contributed by atoms with E-state index in [4.69, 9.17) is 5.84 Å². The zero-order valence-electron chi connectivity index (χ0n) is 7.95. The first kappa shape index (κ1) is 14.0. The summed E-state index contributed by atoms with van der Waals surface area (Å²) in [6.07, 6.45) is 1.03. The van der Waals surface area contributed by atoms with Gasteiger partial charge in [0.25, 0.3) is 5.91 Å². The standard InChI is InChI=1S/C9H11N3O.2ClH/c10-12-9(13)7-2-1-6-3-4-11-8(6)5-7;;/h1-2,5,11H,3-4,10H2,(H,12,13);2*1H. The number of hydrazine groups is 1. The molecule has 0 unspecified atom stereocenters. The molecule has 1 heterocycles. The lowest BCUT2D eigenvalue weighted by atomic mass is 10.1. The maximum absolute atomic E-state index is 11.1. The van der Waals surface area contributed by atoms with Gasteiger partial charge in [-0.05, 0) is 24.1 Å². The van der Waals surface area contributed by atoms with Gasteiger partial charge in [0.15, 0.2) is 0 Å². The summed E-state index contributed by atoms with van der Waals surface area (Å²) in [7, 11) is 0. The number of halogens is 2. The lowest BCUT2D eigenvalue weighted by Crippen LogP contribution is -2.29. The lowest BCUT2D eigenvalue weighted by molar-refractivity contribution is 0.0953. The molecule has 4 nitrogen and oxygen atoms in total. The summed E-state index contributed by atoms with van der Waals surface area (Å²) < 4.78 is 0. The normalized spacial score (nSPS) is 11.5. The number of amides is 1. The Balaban J connectivity index is 0.000000980. The van der Waals surface area contributed by atoms with E-state index in [2.05, 4.69) is 10.7 Å². The van der Waals surface area contributed by atoms with Crippen molar-refractivity contribution in [1.82, 2.24) is 5.43 Å². The van der Waals surface area contributed by atoms with Crippen LogP contribution in [0.5, 0.6) is 0 Å². The lowest BCUT2D eigenvalue weighted by Gasteiger charge is -2.03. The average Bonchev–Trinajstić information content (AvgIpc) is 2.63. The Hall–Kier alpha value is -0.970. The Morgan fingerprint density at radius 3 is 2.80 bits per heavy atom. The largest absolute Gasteiger partial charge is 0.384 e. The highest BCUT2D eigenvalue weighted by molar-refractivity contribution is 5.95. The molecule has 0 bridgehead atoms. The molecule has 0 radical (unpaired) electrons. The minimum absolute atomic E-state index is 0. The van der Waals surface area contributed by atoms with Crippen molar-refractivity contribution in [3.05, 3.63) is 29.3 Å². The fraction of sp³-hybridized carbons (Fsp3) is 0.222. The van der Waals surface area contributed by atoms with Gasteiger partial charge in [0.05, 0.1) is 0 Å². The van der Waals surface area contributed by atoms with Crippen LogP contribution in [0.3, 0.4) is 0 Å². The molecule has 0 saturated carbocycles. The van der Waals surface area contributed by atoms with Crippen LogP contribution in [0.2, 0.25) is 0 Å². The van der Waals surface area contributed by atoms with Crippen molar-refractivity contribution in [2.75, 3.05) is 11.9 Å². The summed E-state index contributed by atoms with van der Waals surface area (Å²) in [6.45, 7) is 0.947. The van der Waals surface area contributed by atoms with Crippen LogP contribution in [-0.4, -0.2) is 12.5 Å². The summed E-state index contributed by atoms with van der Waals surface area (Å²) in [4.78, 5) is 11.1. The van der Waals surface area contributed by atoms with Crippen molar-refractivity contribution in [2.45, 2.75) is 6.42 Å². The van der Waals surface area contributed by atoms with Gasteiger partial charge in [-0.15, -0.1) is 24.8 Å². The second-order valence-corrected chi connectivity index (χ2v) is 3.02. The predicted octanol–water partition coefficient (Wildman–Crippen LogP) is 1.10. The number of fused-ring (bicyclic) bond motifs is 1. The van der Waals surface area contributed by atoms with Gasteiger partial charge in [-0.25, -0.2) is 5.84 Å². The molecule has 1 aromatic carbocycles. The van der Waals surface area contributed by atoms with E-state index in [0.29, 0.717) is 5.56 Å². The van der Waals surface area contributed by atoms with Crippen LogP contribution in [0.25, 0.3) is 0 Å². The molecule has 0 saturated heterocycles. The van der Waals surface area contributed by atoms with Crippen molar-refractivity contribution in [3.8, 4) is 0 Å². The van der Waals surface area contributed by atoms with Crippen LogP contribution in [0.4, 0.5) is 5.69 Å². The van der Waals surface area contributed by atoms with Gasteiger partial charge >= 0.3 is 0 Å². The Morgan fingerprint density at radius 2 is 2.13 bits per heavy atom. The Kier molecular flexibility index (Phi) is 5.43. The number of hydrogen-bond donors (Lipinski definition) is 3. The van der Waals surface area contributed by atoms with Gasteiger partial charge in [-0.1, -0.05) is 6.07 Å². The Bertz CT molecular complexity index is 357. The third-order valence-corrected chi connectivity index (χ3v) is 2.21. The van der Waals surface area contributed by atoms with Gasteiger partial charge in [-0.3, -0.25) is 10.2 Å². The number of anilines is 1. The molecule has 4 N–H and O–H groups in total. The number of carbonyl (C=O) groups excluding carboxylic acids is 1. The molecule has 6 heteroatoms. The van der Waals surface area contributed by atoms with E-state index in [-0.39, 0.29) is 30.7 Å². The Labute approximate surface area is 100 Å². The first-order valence-electron chi connectivity index (χ1n) is 4.19. The number of nitrogens with one attached hydrogen (secondary N) is 2. The minimum Gasteiger partial charge on any atom is -0.384 e. The van der Waals surface area contributed by atoms with E-state index in [1.807, 2.05) is 12.1 Å². The first-order chi connectivity index (χ1) is 6.31. The summed E-state index contributed by atoms with van der Waals surface area (Å²) in [5.74, 6) is 4.78. The molecule has 1 aliphatic rings. The second-order valence-electron chi connectivity index (χ2n) is 3.02. The summed E-state index contributed by atoms with van der Waals surface area (Å²) in [5.41, 5.74) is 5.00. The summed E-state index contributed by atoms with van der Waals surface area (Å²) in [6, 6.07) is 5.57. The van der Waals surface area contributed by atoms with Crippen molar-refractivity contribution in [2.24, 2.45) is 5.84 Å². The van der Waals surface area contributed by atoms with Gasteiger partial charge in [0, 0.05) is 17.8 Å². The molecule has 1 aromatic rings. The quantitative estimate of drug-likeness (QED) is 0.397. The van der Waals surface area contributed by atoms with E-state index in [1.165, 1.54) is 5.56 Å². The van der Waals surface area contributed by atoms with Gasteiger partial charge < -0.3 is 5.32 Å². The van der Waals surface area contributed by atoms with E-state index >= 15 is 0 Å². The number of benzene rings is 1. The van der Waals surface area contributed by atoms with Gasteiger partial charge in [-0.2, -0.15) is 0 Å². The summed E-state index contributed by atoms with van der Waals surface area (Å²) >= 11 is 0. The van der Waals surface area contributed by atoms with Crippen LogP contribution < -0.4 is 16.6 Å². The third kappa shape index (κ3) is 2.75. The minimum atomic E-state index is -0.253. The number of nitrogen functional groups attached to an aromatic ring is 1. The number of carbonyl (C=O) groups is 1. The maximum atomic E-state index is 11.1. The molecule has 0 fully saturated rings. The third-order valence-electron chi connectivity index (χ3n) is 2.21. The fourth-order valence-corrected chi connectivity index (χ4v) is 1.52. The molecule has 0 atom stereocenters. The van der Waals surface area contributed by atoms with E-state index in [0.717, 1.165) is 18.7 Å². The highest BCUT2D eigenvalue weighted by Gasteiger charge is 2.12. The average molecular weight is 250 g/mol. The Morgan fingerprint density at radius 1 is 1.40 bits per heavy atom. The van der Waals surface area contributed by atoms with Crippen LogP contribution in [0, 0.1) is 0 Å². The predicted molar refractivity (Wildman–Crippen MR) is 64.8 cm³/mol. The fourth-order valence-electron chi connectivity index (χ4n) is 1.52. The van der Waals surface area contributed by atoms with Crippen molar-refractivity contribution >= 4 is 36.4 Å². The molecule has 84 valence electrons. The highest BCUT2D eigenvalue weighted by atomic mass is 35.5. The van der Waals surface area contributed by atoms with Crippen molar-refractivity contribution in [3.63, 3.8) is 0 Å². The molecular weight excluding hydrogens is 237 g/mol. The number of rotatable bonds is 1. The molecular formula is C9H13Cl2N3O. The SMILES string of the molecule is Cl.Cl.NNC(=O)c1ccc2c(c1)NCC2. The van der Waals surface area contributed by atoms with Crippen LogP contribution >= 0.6 is 24.8 Å². The topological polar surface area (TPSA) is 67.1 Å². The molecule has 2 rings (SSSR count). The number of hydrogen-bond acceptors (Lipinski definition) is 3. The first-order valence-corrected chi connectivity index (χ1v) is 4.19. The molecule has 1 aliphatic heterocycles. The smallest absolute Gasteiger partial charge is 0.265 e. The van der Waals surface area contributed by atoms with E-state index < -0.39 is 0 Å². The van der Waals surface area contributed by atoms with E-state index in [9.17, 15) is 4.79 Å². The second kappa shape index (κ2) is 5.80. The van der Waals surface area contributed by atoms with Crippen LogP contribution in [0.15, 0.2) is 18.2 Å². The highest BCUT2D eigenvalue weighted by Crippen LogP contribution is 2.22. The van der Waals surface area contributed by atoms with Crippen molar-refractivity contribution in [1.29, 1.82) is 0 Å². The molecule has 0 aliphatic carbocycles. The maximum Gasteiger partial charge on any atom is 0.265 e. The molecule has 1 amide bonds. The van der Waals surface area contributed by atoms with E-state index in [1.54, 1.807) is 6.07 Å².